The zero-order chi connectivity index (χ0) is 17.4. The number of benzene rings is 1. The fourth-order valence-corrected chi connectivity index (χ4v) is 3.11. The summed E-state index contributed by atoms with van der Waals surface area (Å²) in [6.45, 7) is 1.52. The molecule has 0 fully saturated rings. The molecule has 1 amide bonds. The van der Waals surface area contributed by atoms with Gasteiger partial charge < -0.3 is 10.4 Å². The third kappa shape index (κ3) is 2.95. The van der Waals surface area contributed by atoms with E-state index >= 15 is 0 Å². The van der Waals surface area contributed by atoms with E-state index in [4.69, 9.17) is 0 Å². The van der Waals surface area contributed by atoms with Crippen molar-refractivity contribution < 1.29 is 23.1 Å². The van der Waals surface area contributed by atoms with Crippen LogP contribution in [-0.2, 0) is 21.7 Å². The zero-order valence-electron chi connectivity index (χ0n) is 12.7. The van der Waals surface area contributed by atoms with Crippen LogP contribution in [-0.4, -0.2) is 41.8 Å². The highest BCUT2D eigenvalue weighted by Gasteiger charge is 2.23. The molecule has 0 aliphatic rings. The maximum Gasteiger partial charge on any atom is 0.220 e. The summed E-state index contributed by atoms with van der Waals surface area (Å²) >= 11 is 0. The van der Waals surface area contributed by atoms with Gasteiger partial charge in [-0.25, -0.2) is 13.1 Å². The Morgan fingerprint density at radius 1 is 1.35 bits per heavy atom. The summed E-state index contributed by atoms with van der Waals surface area (Å²) in [7, 11) is -2.11. The Kier molecular flexibility index (Phi) is 4.24. The van der Waals surface area contributed by atoms with Crippen LogP contribution in [0.15, 0.2) is 23.2 Å². The van der Waals surface area contributed by atoms with Gasteiger partial charge >= 0.3 is 0 Å². The van der Waals surface area contributed by atoms with Crippen LogP contribution in [0.1, 0.15) is 21.5 Å². The number of hydrogen-bond acceptors (Lipinski definition) is 6. The minimum atomic E-state index is -3.59. The molecule has 0 saturated carbocycles. The first kappa shape index (κ1) is 16.7. The number of rotatable bonds is 5. The lowest BCUT2D eigenvalue weighted by Gasteiger charge is -2.13. The second kappa shape index (κ2) is 5.84. The van der Waals surface area contributed by atoms with E-state index in [9.17, 15) is 23.1 Å². The molecule has 1 aromatic carbocycles. The minimum absolute atomic E-state index is 0.0141. The van der Waals surface area contributed by atoms with Crippen LogP contribution in [0.5, 0.6) is 5.88 Å². The van der Waals surface area contributed by atoms with Crippen molar-refractivity contribution in [2.45, 2.75) is 11.8 Å². The molecule has 0 aliphatic heterocycles. The van der Waals surface area contributed by atoms with Crippen LogP contribution < -0.4 is 5.32 Å². The maximum atomic E-state index is 12.5. The quantitative estimate of drug-likeness (QED) is 0.610. The lowest BCUT2D eigenvalue weighted by Crippen LogP contribution is -2.11. The van der Waals surface area contributed by atoms with Crippen molar-refractivity contribution in [1.29, 1.82) is 0 Å². The number of sulfone groups is 1. The van der Waals surface area contributed by atoms with E-state index < -0.39 is 15.6 Å². The van der Waals surface area contributed by atoms with Gasteiger partial charge in [-0.1, -0.05) is 0 Å². The van der Waals surface area contributed by atoms with Gasteiger partial charge in [-0.2, -0.15) is 5.10 Å². The number of hydrogen-bond donors (Lipinski definition) is 2. The molecule has 0 bridgehead atoms. The summed E-state index contributed by atoms with van der Waals surface area (Å²) in [5, 5.41) is 15.9. The van der Waals surface area contributed by atoms with Crippen molar-refractivity contribution in [3.05, 3.63) is 35.0 Å². The van der Waals surface area contributed by atoms with Gasteiger partial charge in [-0.3, -0.25) is 9.59 Å². The molecular formula is C14H15N3O5S. The second-order valence-electron chi connectivity index (χ2n) is 4.98. The van der Waals surface area contributed by atoms with Gasteiger partial charge in [0.2, 0.25) is 12.3 Å². The van der Waals surface area contributed by atoms with Crippen molar-refractivity contribution in [2.75, 3.05) is 11.6 Å². The van der Waals surface area contributed by atoms with Crippen LogP contribution in [0.2, 0.25) is 0 Å². The van der Waals surface area contributed by atoms with Crippen LogP contribution in [0.4, 0.5) is 5.69 Å². The summed E-state index contributed by atoms with van der Waals surface area (Å²) in [6.07, 6.45) is 2.56. The Balaban J connectivity index is 2.65. The second-order valence-corrected chi connectivity index (χ2v) is 6.96. The van der Waals surface area contributed by atoms with Gasteiger partial charge in [0, 0.05) is 18.9 Å². The van der Waals surface area contributed by atoms with Crippen LogP contribution in [0.3, 0.4) is 0 Å². The van der Waals surface area contributed by atoms with Crippen LogP contribution in [0.25, 0.3) is 0 Å². The van der Waals surface area contributed by atoms with Gasteiger partial charge in [0.1, 0.15) is 5.56 Å². The van der Waals surface area contributed by atoms with Gasteiger partial charge in [-0.15, -0.1) is 0 Å². The molecule has 1 heterocycles. The van der Waals surface area contributed by atoms with Crippen molar-refractivity contribution in [2.24, 2.45) is 7.05 Å². The largest absolute Gasteiger partial charge is 0.493 e. The van der Waals surface area contributed by atoms with Crippen LogP contribution >= 0.6 is 0 Å². The molecule has 0 radical (unpaired) electrons. The van der Waals surface area contributed by atoms with E-state index in [1.807, 2.05) is 0 Å². The van der Waals surface area contributed by atoms with Crippen molar-refractivity contribution in [1.82, 2.24) is 9.78 Å². The number of aromatic hydroxyl groups is 1. The average Bonchev–Trinajstić information content (AvgIpc) is 2.79. The summed E-state index contributed by atoms with van der Waals surface area (Å²) in [5.74, 6) is -0.825. The topological polar surface area (TPSA) is 118 Å². The predicted molar refractivity (Wildman–Crippen MR) is 82.3 cm³/mol. The van der Waals surface area contributed by atoms with E-state index in [-0.39, 0.29) is 33.2 Å². The third-order valence-corrected chi connectivity index (χ3v) is 4.57. The number of anilines is 1. The molecule has 0 saturated heterocycles. The number of nitrogens with one attached hydrogen (secondary N) is 1. The highest BCUT2D eigenvalue weighted by Crippen LogP contribution is 2.30. The summed E-state index contributed by atoms with van der Waals surface area (Å²) in [4.78, 5) is 23.2. The lowest BCUT2D eigenvalue weighted by molar-refractivity contribution is -0.105. The Morgan fingerprint density at radius 3 is 2.48 bits per heavy atom. The summed E-state index contributed by atoms with van der Waals surface area (Å²) in [6, 6.07) is 2.59. The van der Waals surface area contributed by atoms with Gasteiger partial charge in [0.25, 0.3) is 0 Å². The average molecular weight is 337 g/mol. The van der Waals surface area contributed by atoms with Gasteiger partial charge in [-0.05, 0) is 24.6 Å². The van der Waals surface area contributed by atoms with Crippen molar-refractivity contribution in [3.8, 4) is 5.88 Å². The monoisotopic (exact) mass is 337 g/mol. The molecule has 23 heavy (non-hydrogen) atoms. The molecule has 0 aliphatic carbocycles. The highest BCUT2D eigenvalue weighted by molar-refractivity contribution is 7.90. The van der Waals surface area contributed by atoms with Gasteiger partial charge in [0.05, 0.1) is 16.8 Å². The predicted octanol–water partition coefficient (Wildman–Crippen LogP) is 0.637. The maximum absolute atomic E-state index is 12.5. The zero-order valence-corrected chi connectivity index (χ0v) is 13.5. The molecule has 2 aromatic rings. The van der Waals surface area contributed by atoms with Gasteiger partial charge in [0.15, 0.2) is 15.6 Å². The summed E-state index contributed by atoms with van der Waals surface area (Å²) in [5.41, 5.74) is 0.467. The number of nitrogens with zero attached hydrogens (tertiary/aromatic N) is 2. The first-order chi connectivity index (χ1) is 10.7. The van der Waals surface area contributed by atoms with E-state index in [1.54, 1.807) is 0 Å². The summed E-state index contributed by atoms with van der Waals surface area (Å²) < 4.78 is 24.7. The number of ketones is 1. The molecule has 1 aromatic heterocycles. The molecule has 0 spiro atoms. The standard InChI is InChI=1S/C14H15N3O5S/c1-8-9(13(19)10-6-16-17(2)14(10)20)4-5-11(23(3,21)22)12(8)15-7-18/h4-7,20H,1-3H3,(H,15,18). The highest BCUT2D eigenvalue weighted by atomic mass is 32.2. The molecule has 8 nitrogen and oxygen atoms in total. The van der Waals surface area contributed by atoms with Crippen LogP contribution in [0, 0.1) is 6.92 Å². The van der Waals surface area contributed by atoms with E-state index in [1.165, 1.54) is 32.3 Å². The smallest absolute Gasteiger partial charge is 0.220 e. The Labute approximate surface area is 132 Å². The Morgan fingerprint density at radius 2 is 2.00 bits per heavy atom. The molecule has 9 heteroatoms. The Bertz CT molecular complexity index is 899. The molecule has 0 atom stereocenters. The van der Waals surface area contributed by atoms with Crippen molar-refractivity contribution in [3.63, 3.8) is 0 Å². The normalized spacial score (nSPS) is 11.3. The molecule has 2 N–H and O–H groups in total. The number of amides is 1. The van der Waals surface area contributed by atoms with E-state index in [0.29, 0.717) is 6.41 Å². The third-order valence-electron chi connectivity index (χ3n) is 3.43. The lowest BCUT2D eigenvalue weighted by atomic mass is 9.99. The number of aromatic nitrogens is 2. The fraction of sp³-hybridized carbons (Fsp3) is 0.214. The first-order valence-corrected chi connectivity index (χ1v) is 8.37. The number of carbonyl (C=O) groups is 2. The molecule has 0 unspecified atom stereocenters. The fourth-order valence-electron chi connectivity index (χ4n) is 2.22. The number of carbonyl (C=O) groups excluding carboxylic acids is 2. The first-order valence-electron chi connectivity index (χ1n) is 6.48. The molecular weight excluding hydrogens is 322 g/mol. The van der Waals surface area contributed by atoms with Crippen molar-refractivity contribution >= 4 is 27.7 Å². The molecule has 122 valence electrons. The number of aryl methyl sites for hydroxylation is 1. The minimum Gasteiger partial charge on any atom is -0.493 e. The van der Waals surface area contributed by atoms with E-state index in [0.717, 1.165) is 10.9 Å². The van der Waals surface area contributed by atoms with E-state index in [2.05, 4.69) is 10.4 Å². The Hall–Kier alpha value is -2.68. The molecule has 2 rings (SSSR count). The SMILES string of the molecule is Cc1c(C(=O)c2cnn(C)c2O)ccc(S(C)(=O)=O)c1NC=O.